The van der Waals surface area contributed by atoms with Crippen molar-refractivity contribution >= 4 is 39.1 Å². The molecular formula is C27H38ClN3O4S. The fourth-order valence-corrected chi connectivity index (χ4v) is 4.79. The lowest BCUT2D eigenvalue weighted by atomic mass is 10.1. The molecule has 198 valence electrons. The Morgan fingerprint density at radius 1 is 1.00 bits per heavy atom. The minimum absolute atomic E-state index is 0.103. The van der Waals surface area contributed by atoms with E-state index in [1.807, 2.05) is 52.0 Å². The summed E-state index contributed by atoms with van der Waals surface area (Å²) in [7, 11) is -3.53. The highest BCUT2D eigenvalue weighted by atomic mass is 35.5. The van der Waals surface area contributed by atoms with Gasteiger partial charge < -0.3 is 10.2 Å². The van der Waals surface area contributed by atoms with Crippen LogP contribution in [0.5, 0.6) is 0 Å². The number of anilines is 1. The maximum atomic E-state index is 13.3. The minimum atomic E-state index is -3.53. The molecule has 2 amide bonds. The zero-order valence-electron chi connectivity index (χ0n) is 22.0. The number of carbonyl (C=O) groups excluding carboxylic acids is 2. The van der Waals surface area contributed by atoms with Crippen LogP contribution in [0.2, 0.25) is 5.02 Å². The number of amides is 2. The van der Waals surface area contributed by atoms with Crippen molar-refractivity contribution in [1.29, 1.82) is 0 Å². The molecule has 0 saturated heterocycles. The van der Waals surface area contributed by atoms with E-state index in [9.17, 15) is 18.0 Å². The van der Waals surface area contributed by atoms with Gasteiger partial charge in [-0.2, -0.15) is 0 Å². The number of rotatable bonds is 12. The Bertz CT molecular complexity index is 1150. The molecular weight excluding hydrogens is 498 g/mol. The number of hydrogen-bond donors (Lipinski definition) is 1. The van der Waals surface area contributed by atoms with Gasteiger partial charge in [0.05, 0.1) is 11.9 Å². The van der Waals surface area contributed by atoms with Gasteiger partial charge >= 0.3 is 0 Å². The number of hydrogen-bond acceptors (Lipinski definition) is 4. The number of benzene rings is 2. The molecule has 0 aliphatic heterocycles. The number of carbonyl (C=O) groups is 2. The SMILES string of the molecule is Cc1ccc(N(CCCC(=O)N(Cc2ccc(Cl)cc2)C(C)C(=O)NCC(C)C)S(C)(=O)=O)cc1C. The van der Waals surface area contributed by atoms with E-state index in [2.05, 4.69) is 5.32 Å². The molecule has 0 aromatic heterocycles. The van der Waals surface area contributed by atoms with Crippen LogP contribution in [0.3, 0.4) is 0 Å². The second-order valence-corrected chi connectivity index (χ2v) is 12.0. The standard InChI is InChI=1S/C27H38ClN3O4S/c1-19(2)17-29-27(33)22(5)30(18-23-10-12-24(28)13-11-23)26(32)8-7-15-31(36(6,34)35)25-14-9-20(3)21(4)16-25/h9-14,16,19,22H,7-8,15,17-18H2,1-6H3,(H,29,33). The highest BCUT2D eigenvalue weighted by molar-refractivity contribution is 7.92. The minimum Gasteiger partial charge on any atom is -0.354 e. The number of nitrogens with one attached hydrogen (secondary N) is 1. The Morgan fingerprint density at radius 2 is 1.64 bits per heavy atom. The van der Waals surface area contributed by atoms with Gasteiger partial charge in [0, 0.05) is 31.1 Å². The summed E-state index contributed by atoms with van der Waals surface area (Å²) in [6.07, 6.45) is 1.58. The Kier molecular flexibility index (Phi) is 10.8. The fraction of sp³-hybridized carbons (Fsp3) is 0.481. The van der Waals surface area contributed by atoms with E-state index < -0.39 is 16.1 Å². The maximum Gasteiger partial charge on any atom is 0.242 e. The van der Waals surface area contributed by atoms with Crippen molar-refractivity contribution < 1.29 is 18.0 Å². The first-order valence-corrected chi connectivity index (χ1v) is 14.4. The van der Waals surface area contributed by atoms with Crippen molar-refractivity contribution in [3.05, 3.63) is 64.2 Å². The summed E-state index contributed by atoms with van der Waals surface area (Å²) in [5.41, 5.74) is 3.49. The van der Waals surface area contributed by atoms with Gasteiger partial charge in [0.25, 0.3) is 0 Å². The molecule has 36 heavy (non-hydrogen) atoms. The molecule has 2 aromatic rings. The summed E-state index contributed by atoms with van der Waals surface area (Å²) in [6, 6.07) is 12.0. The summed E-state index contributed by atoms with van der Waals surface area (Å²) in [5.74, 6) is -0.154. The van der Waals surface area contributed by atoms with Gasteiger partial charge in [-0.1, -0.05) is 43.6 Å². The summed E-state index contributed by atoms with van der Waals surface area (Å²) >= 11 is 6.00. The lowest BCUT2D eigenvalue weighted by molar-refractivity contribution is -0.140. The summed E-state index contributed by atoms with van der Waals surface area (Å²) in [5, 5.41) is 3.49. The first-order chi connectivity index (χ1) is 16.8. The molecule has 0 fully saturated rings. The molecule has 0 saturated carbocycles. The molecule has 1 unspecified atom stereocenters. The van der Waals surface area contributed by atoms with Gasteiger partial charge in [-0.05, 0) is 74.1 Å². The Morgan fingerprint density at radius 3 is 2.19 bits per heavy atom. The van der Waals surface area contributed by atoms with Crippen LogP contribution >= 0.6 is 11.6 Å². The zero-order chi connectivity index (χ0) is 27.0. The highest BCUT2D eigenvalue weighted by Crippen LogP contribution is 2.22. The van der Waals surface area contributed by atoms with Gasteiger partial charge in [0.2, 0.25) is 21.8 Å². The summed E-state index contributed by atoms with van der Waals surface area (Å²) in [4.78, 5) is 27.6. The van der Waals surface area contributed by atoms with Crippen LogP contribution < -0.4 is 9.62 Å². The second kappa shape index (κ2) is 13.1. The van der Waals surface area contributed by atoms with Gasteiger partial charge in [-0.15, -0.1) is 0 Å². The van der Waals surface area contributed by atoms with Crippen molar-refractivity contribution in [2.45, 2.75) is 60.0 Å². The van der Waals surface area contributed by atoms with Crippen LogP contribution in [0, 0.1) is 19.8 Å². The normalized spacial score (nSPS) is 12.3. The van der Waals surface area contributed by atoms with E-state index in [4.69, 9.17) is 11.6 Å². The van der Waals surface area contributed by atoms with Gasteiger partial charge in [-0.3, -0.25) is 13.9 Å². The number of nitrogens with zero attached hydrogens (tertiary/aromatic N) is 2. The quantitative estimate of drug-likeness (QED) is 0.427. The van der Waals surface area contributed by atoms with E-state index in [1.54, 1.807) is 30.0 Å². The van der Waals surface area contributed by atoms with E-state index in [0.717, 1.165) is 22.9 Å². The number of sulfonamides is 1. The molecule has 1 N–H and O–H groups in total. The van der Waals surface area contributed by atoms with Crippen LogP contribution in [0.15, 0.2) is 42.5 Å². The molecule has 0 aliphatic carbocycles. The molecule has 0 radical (unpaired) electrons. The van der Waals surface area contributed by atoms with Crippen LogP contribution in [-0.2, 0) is 26.2 Å². The summed E-state index contributed by atoms with van der Waals surface area (Å²) < 4.78 is 26.3. The molecule has 0 spiro atoms. The monoisotopic (exact) mass is 535 g/mol. The van der Waals surface area contributed by atoms with Gasteiger partial charge in [0.15, 0.2) is 0 Å². The van der Waals surface area contributed by atoms with Crippen molar-refractivity contribution in [3.63, 3.8) is 0 Å². The molecule has 0 bridgehead atoms. The molecule has 0 heterocycles. The number of aryl methyl sites for hydroxylation is 2. The third kappa shape index (κ3) is 8.82. The van der Waals surface area contributed by atoms with Gasteiger partial charge in [0.1, 0.15) is 6.04 Å². The van der Waals surface area contributed by atoms with E-state index >= 15 is 0 Å². The summed E-state index contributed by atoms with van der Waals surface area (Å²) in [6.45, 7) is 10.6. The largest absolute Gasteiger partial charge is 0.354 e. The van der Waals surface area contributed by atoms with Crippen LogP contribution in [0.1, 0.15) is 50.3 Å². The highest BCUT2D eigenvalue weighted by Gasteiger charge is 2.26. The van der Waals surface area contributed by atoms with Crippen molar-refractivity contribution in [1.82, 2.24) is 10.2 Å². The third-order valence-corrected chi connectivity index (χ3v) is 7.49. The van der Waals surface area contributed by atoms with Crippen molar-refractivity contribution in [2.75, 3.05) is 23.7 Å². The molecule has 0 aliphatic rings. The fourth-order valence-electron chi connectivity index (χ4n) is 3.71. The van der Waals surface area contributed by atoms with Crippen LogP contribution in [0.4, 0.5) is 5.69 Å². The topological polar surface area (TPSA) is 86.8 Å². The van der Waals surface area contributed by atoms with Gasteiger partial charge in [-0.25, -0.2) is 8.42 Å². The molecule has 7 nitrogen and oxygen atoms in total. The first kappa shape index (κ1) is 29.6. The maximum absolute atomic E-state index is 13.3. The Hall–Kier alpha value is -2.58. The predicted molar refractivity (Wildman–Crippen MR) is 147 cm³/mol. The van der Waals surface area contributed by atoms with Crippen molar-refractivity contribution in [2.24, 2.45) is 5.92 Å². The molecule has 1 atom stereocenters. The molecule has 2 aromatic carbocycles. The lowest BCUT2D eigenvalue weighted by Gasteiger charge is -2.29. The van der Waals surface area contributed by atoms with E-state index in [1.165, 1.54) is 4.31 Å². The van der Waals surface area contributed by atoms with Crippen LogP contribution in [0.25, 0.3) is 0 Å². The Labute approximate surface area is 220 Å². The Balaban J connectivity index is 2.17. The van der Waals surface area contributed by atoms with Crippen LogP contribution in [-0.4, -0.2) is 50.5 Å². The number of halogens is 1. The second-order valence-electron chi connectivity index (χ2n) is 9.67. The average molecular weight is 536 g/mol. The smallest absolute Gasteiger partial charge is 0.242 e. The lowest BCUT2D eigenvalue weighted by Crippen LogP contribution is -2.48. The zero-order valence-corrected chi connectivity index (χ0v) is 23.6. The van der Waals surface area contributed by atoms with E-state index in [0.29, 0.717) is 23.7 Å². The molecule has 2 rings (SSSR count). The molecule has 9 heteroatoms. The average Bonchev–Trinajstić information content (AvgIpc) is 2.80. The first-order valence-electron chi connectivity index (χ1n) is 12.2. The van der Waals surface area contributed by atoms with Crippen molar-refractivity contribution in [3.8, 4) is 0 Å². The van der Waals surface area contributed by atoms with E-state index in [-0.39, 0.29) is 37.2 Å². The third-order valence-electron chi connectivity index (χ3n) is 6.05. The predicted octanol–water partition coefficient (Wildman–Crippen LogP) is 4.69.